The largest absolute Gasteiger partial charge is 0.303 e. The zero-order valence-corrected chi connectivity index (χ0v) is 11.9. The number of aryl methyl sites for hydroxylation is 1. The number of nitrogens with one attached hydrogen (secondary N) is 1. The van der Waals surface area contributed by atoms with Crippen molar-refractivity contribution >= 4 is 0 Å². The van der Waals surface area contributed by atoms with Crippen LogP contribution in [-0.4, -0.2) is 30.6 Å². The second-order valence-electron chi connectivity index (χ2n) is 5.54. The zero-order valence-electron chi connectivity index (χ0n) is 11.9. The van der Waals surface area contributed by atoms with E-state index >= 15 is 0 Å². The Bertz CT molecular complexity index is 402. The molecule has 0 aliphatic heterocycles. The first-order chi connectivity index (χ1) is 8.28. The molecule has 1 aromatic carbocycles. The van der Waals surface area contributed by atoms with E-state index < -0.39 is 0 Å². The lowest BCUT2D eigenvalue weighted by molar-refractivity contribution is 0.137. The maximum Gasteiger partial charge on any atom is 0.123 e. The van der Waals surface area contributed by atoms with Crippen molar-refractivity contribution in [1.29, 1.82) is 0 Å². The summed E-state index contributed by atoms with van der Waals surface area (Å²) in [6, 6.07) is 4.93. The van der Waals surface area contributed by atoms with Gasteiger partial charge in [0.1, 0.15) is 5.82 Å². The van der Waals surface area contributed by atoms with Crippen molar-refractivity contribution in [3.05, 3.63) is 35.1 Å². The van der Waals surface area contributed by atoms with Crippen LogP contribution in [0.5, 0.6) is 0 Å². The number of benzene rings is 1. The fraction of sp³-hybridized carbons (Fsp3) is 0.571. The maximum absolute atomic E-state index is 13.3. The Morgan fingerprint density at radius 2 is 2.00 bits per heavy atom. The van der Waals surface area contributed by atoms with E-state index in [1.807, 2.05) is 21.0 Å². The summed E-state index contributed by atoms with van der Waals surface area (Å²) in [4.78, 5) is 2.12. The Morgan fingerprint density at radius 3 is 2.50 bits per heavy atom. The Hall–Kier alpha value is -0.970. The molecule has 3 N–H and O–H groups in total. The molecule has 1 rings (SSSR count). The predicted octanol–water partition coefficient (Wildman–Crippen LogP) is 1.85. The van der Waals surface area contributed by atoms with Crippen molar-refractivity contribution in [2.45, 2.75) is 38.8 Å². The van der Waals surface area contributed by atoms with Gasteiger partial charge in [-0.3, -0.25) is 11.3 Å². The predicted molar refractivity (Wildman–Crippen MR) is 73.7 cm³/mol. The van der Waals surface area contributed by atoms with Gasteiger partial charge in [-0.2, -0.15) is 0 Å². The molecule has 0 heterocycles. The average Bonchev–Trinajstić information content (AvgIpc) is 2.29. The summed E-state index contributed by atoms with van der Waals surface area (Å²) < 4.78 is 13.3. The highest BCUT2D eigenvalue weighted by molar-refractivity contribution is 5.28. The molecule has 0 spiro atoms. The van der Waals surface area contributed by atoms with Gasteiger partial charge in [-0.05, 0) is 64.5 Å². The van der Waals surface area contributed by atoms with Crippen molar-refractivity contribution in [2.75, 3.05) is 14.1 Å². The first-order valence-corrected chi connectivity index (χ1v) is 6.17. The second-order valence-corrected chi connectivity index (χ2v) is 5.54. The Balaban J connectivity index is 2.96. The van der Waals surface area contributed by atoms with E-state index in [-0.39, 0.29) is 17.4 Å². The van der Waals surface area contributed by atoms with Gasteiger partial charge in [0.15, 0.2) is 0 Å². The highest BCUT2D eigenvalue weighted by Gasteiger charge is 2.31. The van der Waals surface area contributed by atoms with Gasteiger partial charge in [-0.15, -0.1) is 0 Å². The lowest BCUT2D eigenvalue weighted by atomic mass is 9.87. The van der Waals surface area contributed by atoms with Gasteiger partial charge in [0.25, 0.3) is 0 Å². The summed E-state index contributed by atoms with van der Waals surface area (Å²) in [5, 5.41) is 0. The molecule has 102 valence electrons. The van der Waals surface area contributed by atoms with Gasteiger partial charge in [0.2, 0.25) is 0 Å². The third-order valence-corrected chi connectivity index (χ3v) is 3.94. The zero-order chi connectivity index (χ0) is 13.9. The number of nitrogens with zero attached hydrogens (tertiary/aromatic N) is 1. The molecule has 0 aliphatic rings. The van der Waals surface area contributed by atoms with Crippen LogP contribution >= 0.6 is 0 Å². The number of halogens is 1. The van der Waals surface area contributed by atoms with Gasteiger partial charge in [0, 0.05) is 11.6 Å². The summed E-state index contributed by atoms with van der Waals surface area (Å²) in [5.74, 6) is 5.46. The number of hydrogen-bond donors (Lipinski definition) is 2. The molecule has 0 aliphatic carbocycles. The third-order valence-electron chi connectivity index (χ3n) is 3.94. The van der Waals surface area contributed by atoms with Crippen LogP contribution in [0.1, 0.15) is 25.0 Å². The molecule has 4 heteroatoms. The second kappa shape index (κ2) is 5.78. The normalized spacial score (nSPS) is 14.0. The number of hydrogen-bond acceptors (Lipinski definition) is 3. The van der Waals surface area contributed by atoms with E-state index in [1.165, 1.54) is 6.07 Å². The maximum atomic E-state index is 13.3. The molecular formula is C14H24FN3. The van der Waals surface area contributed by atoms with Crippen LogP contribution in [-0.2, 0) is 6.42 Å². The Kier molecular flexibility index (Phi) is 4.85. The van der Waals surface area contributed by atoms with Crippen molar-refractivity contribution in [3.8, 4) is 0 Å². The molecule has 0 amide bonds. The highest BCUT2D eigenvalue weighted by Crippen LogP contribution is 2.21. The van der Waals surface area contributed by atoms with Gasteiger partial charge in [0.05, 0.1) is 0 Å². The SMILES string of the molecule is Cc1ccc(F)cc1CC(NN)C(C)(C)N(C)C. The summed E-state index contributed by atoms with van der Waals surface area (Å²) in [7, 11) is 4.03. The molecule has 18 heavy (non-hydrogen) atoms. The van der Waals surface area contributed by atoms with Crippen molar-refractivity contribution in [2.24, 2.45) is 5.84 Å². The first kappa shape index (κ1) is 15.1. The minimum absolute atomic E-state index is 0.0491. The molecule has 0 saturated heterocycles. The standard InChI is InChI=1S/C14H24FN3/c1-10-6-7-12(15)8-11(10)9-13(17-16)14(2,3)18(4)5/h6-8,13,17H,9,16H2,1-5H3. The molecule has 3 nitrogen and oxygen atoms in total. The number of likely N-dealkylation sites (N-methyl/N-ethyl adjacent to an activating group) is 1. The molecule has 1 atom stereocenters. The summed E-state index contributed by atoms with van der Waals surface area (Å²) in [6.45, 7) is 6.23. The van der Waals surface area contributed by atoms with E-state index in [0.717, 1.165) is 11.1 Å². The topological polar surface area (TPSA) is 41.3 Å². The molecule has 0 fully saturated rings. The Morgan fingerprint density at radius 1 is 1.39 bits per heavy atom. The van der Waals surface area contributed by atoms with E-state index in [1.54, 1.807) is 12.1 Å². The minimum Gasteiger partial charge on any atom is -0.303 e. The monoisotopic (exact) mass is 253 g/mol. The molecule has 0 radical (unpaired) electrons. The van der Waals surface area contributed by atoms with Gasteiger partial charge >= 0.3 is 0 Å². The van der Waals surface area contributed by atoms with E-state index in [2.05, 4.69) is 24.2 Å². The van der Waals surface area contributed by atoms with Crippen molar-refractivity contribution < 1.29 is 4.39 Å². The number of nitrogens with two attached hydrogens (primary N) is 1. The molecule has 0 aromatic heterocycles. The van der Waals surface area contributed by atoms with E-state index in [0.29, 0.717) is 6.42 Å². The van der Waals surface area contributed by atoms with Crippen LogP contribution in [0, 0.1) is 12.7 Å². The van der Waals surface area contributed by atoms with Crippen LogP contribution in [0.15, 0.2) is 18.2 Å². The molecular weight excluding hydrogens is 229 g/mol. The summed E-state index contributed by atoms with van der Waals surface area (Å²) >= 11 is 0. The molecule has 1 unspecified atom stereocenters. The quantitative estimate of drug-likeness (QED) is 0.621. The van der Waals surface area contributed by atoms with E-state index in [4.69, 9.17) is 5.84 Å². The van der Waals surface area contributed by atoms with Crippen LogP contribution < -0.4 is 11.3 Å². The van der Waals surface area contributed by atoms with Gasteiger partial charge < -0.3 is 4.90 Å². The lowest BCUT2D eigenvalue weighted by Gasteiger charge is -2.40. The number of rotatable bonds is 5. The van der Waals surface area contributed by atoms with Crippen LogP contribution in [0.25, 0.3) is 0 Å². The fourth-order valence-electron chi connectivity index (χ4n) is 1.90. The molecule has 1 aromatic rings. The van der Waals surface area contributed by atoms with Crippen LogP contribution in [0.2, 0.25) is 0 Å². The average molecular weight is 253 g/mol. The summed E-state index contributed by atoms with van der Waals surface area (Å²) in [5.41, 5.74) is 4.82. The molecule has 0 bridgehead atoms. The van der Waals surface area contributed by atoms with Crippen molar-refractivity contribution in [3.63, 3.8) is 0 Å². The third kappa shape index (κ3) is 3.28. The van der Waals surface area contributed by atoms with Gasteiger partial charge in [-0.1, -0.05) is 6.07 Å². The van der Waals surface area contributed by atoms with Gasteiger partial charge in [-0.25, -0.2) is 4.39 Å². The minimum atomic E-state index is -0.200. The highest BCUT2D eigenvalue weighted by atomic mass is 19.1. The van der Waals surface area contributed by atoms with Crippen molar-refractivity contribution in [1.82, 2.24) is 10.3 Å². The number of hydrazine groups is 1. The lowest BCUT2D eigenvalue weighted by Crippen LogP contribution is -2.58. The van der Waals surface area contributed by atoms with Crippen LogP contribution in [0.4, 0.5) is 4.39 Å². The van der Waals surface area contributed by atoms with E-state index in [9.17, 15) is 4.39 Å². The fourth-order valence-corrected chi connectivity index (χ4v) is 1.90. The smallest absolute Gasteiger partial charge is 0.123 e. The molecule has 0 saturated carbocycles. The Labute approximate surface area is 109 Å². The first-order valence-electron chi connectivity index (χ1n) is 6.17. The summed E-state index contributed by atoms with van der Waals surface area (Å²) in [6.07, 6.45) is 0.700. The van der Waals surface area contributed by atoms with Crippen LogP contribution in [0.3, 0.4) is 0 Å².